The molecule has 0 aliphatic rings. The number of carbonyl (C=O) groups is 4. The van der Waals surface area contributed by atoms with Crippen molar-refractivity contribution < 1.29 is 33.4 Å². The van der Waals surface area contributed by atoms with E-state index in [-0.39, 0.29) is 37.6 Å². The number of hydrogen-bond donors (Lipinski definition) is 2. The van der Waals surface area contributed by atoms with Gasteiger partial charge in [-0.25, -0.2) is 9.59 Å². The van der Waals surface area contributed by atoms with Crippen LogP contribution in [0.5, 0.6) is 0 Å². The molecule has 0 aromatic rings. The maximum atomic E-state index is 12.1. The van der Waals surface area contributed by atoms with Crippen molar-refractivity contribution in [2.24, 2.45) is 10.9 Å². The van der Waals surface area contributed by atoms with Crippen LogP contribution < -0.4 is 10.6 Å². The molecule has 0 fully saturated rings. The van der Waals surface area contributed by atoms with Gasteiger partial charge in [0.25, 0.3) is 0 Å². The highest BCUT2D eigenvalue weighted by molar-refractivity contribution is 6.01. The van der Waals surface area contributed by atoms with Gasteiger partial charge in [-0.1, -0.05) is 0 Å². The predicted molar refractivity (Wildman–Crippen MR) is 123 cm³/mol. The number of methoxy groups -OCH3 is 1. The van der Waals surface area contributed by atoms with Crippen LogP contribution in [0.2, 0.25) is 0 Å². The monoisotopic (exact) mass is 467 g/mol. The summed E-state index contributed by atoms with van der Waals surface area (Å²) in [4.78, 5) is 52.6. The van der Waals surface area contributed by atoms with E-state index in [1.807, 2.05) is 0 Å². The molecule has 2 N–H and O–H groups in total. The van der Waals surface area contributed by atoms with E-state index in [4.69, 9.17) is 20.6 Å². The SMILES string of the molecule is C#CCCCC(=O)C[C@@H](CCN=C(NC(=O)OC(C)(C)C)NC(=O)OC(C)(C)C)C(=O)OC. The first kappa shape index (κ1) is 29.9. The number of guanidine groups is 1. The fourth-order valence-electron chi connectivity index (χ4n) is 2.48. The molecule has 0 aliphatic heterocycles. The molecule has 0 saturated heterocycles. The highest BCUT2D eigenvalue weighted by Gasteiger charge is 2.24. The van der Waals surface area contributed by atoms with Crippen LogP contribution in [0.15, 0.2) is 4.99 Å². The lowest BCUT2D eigenvalue weighted by atomic mass is 9.96. The molecule has 0 aromatic carbocycles. The van der Waals surface area contributed by atoms with Gasteiger partial charge in [-0.15, -0.1) is 12.3 Å². The van der Waals surface area contributed by atoms with Gasteiger partial charge in [-0.2, -0.15) is 0 Å². The Labute approximate surface area is 196 Å². The molecule has 0 unspecified atom stereocenters. The quantitative estimate of drug-likeness (QED) is 0.133. The first-order chi connectivity index (χ1) is 15.2. The lowest BCUT2D eigenvalue weighted by Gasteiger charge is -2.22. The maximum Gasteiger partial charge on any atom is 0.414 e. The molecule has 0 saturated carbocycles. The lowest BCUT2D eigenvalue weighted by Crippen LogP contribution is -2.47. The Morgan fingerprint density at radius 1 is 0.970 bits per heavy atom. The highest BCUT2D eigenvalue weighted by atomic mass is 16.6. The van der Waals surface area contributed by atoms with Crippen LogP contribution in [0.4, 0.5) is 9.59 Å². The van der Waals surface area contributed by atoms with Gasteiger partial charge in [-0.05, 0) is 54.4 Å². The predicted octanol–water partition coefficient (Wildman–Crippen LogP) is 3.33. The molecular formula is C23H37N3O7. The Bertz CT molecular complexity index is 723. The number of nitrogens with one attached hydrogen (secondary N) is 2. The van der Waals surface area contributed by atoms with E-state index in [2.05, 4.69) is 21.5 Å². The summed E-state index contributed by atoms with van der Waals surface area (Å²) >= 11 is 0. The van der Waals surface area contributed by atoms with Gasteiger partial charge >= 0.3 is 18.2 Å². The standard InChI is InChI=1S/C23H37N3O7/c1-9-10-11-12-17(27)15-16(18(28)31-8)13-14-24-19(25-20(29)32-22(2,3)4)26-21(30)33-23(5,6)7/h1,16H,10-15H2,2-8H3,(H2,24,25,26,29,30)/t16-/m1/s1. The number of ketones is 1. The summed E-state index contributed by atoms with van der Waals surface area (Å²) in [6.07, 6.45) is 4.97. The smallest absolute Gasteiger partial charge is 0.414 e. The van der Waals surface area contributed by atoms with Gasteiger partial charge in [0, 0.05) is 25.8 Å². The molecule has 10 heteroatoms. The summed E-state index contributed by atoms with van der Waals surface area (Å²) in [5.41, 5.74) is -1.53. The molecule has 0 aromatic heterocycles. The number of unbranched alkanes of at least 4 members (excludes halogenated alkanes) is 1. The Morgan fingerprint density at radius 2 is 1.48 bits per heavy atom. The summed E-state index contributed by atoms with van der Waals surface area (Å²) in [5.74, 6) is 0.886. The first-order valence-corrected chi connectivity index (χ1v) is 10.7. The minimum Gasteiger partial charge on any atom is -0.469 e. The number of hydrogen-bond acceptors (Lipinski definition) is 8. The van der Waals surface area contributed by atoms with E-state index < -0.39 is 35.3 Å². The van der Waals surface area contributed by atoms with E-state index in [1.54, 1.807) is 41.5 Å². The van der Waals surface area contributed by atoms with Gasteiger partial charge < -0.3 is 14.2 Å². The van der Waals surface area contributed by atoms with Crippen LogP contribution in [-0.2, 0) is 23.8 Å². The Hall–Kier alpha value is -3.09. The molecule has 33 heavy (non-hydrogen) atoms. The minimum atomic E-state index is -0.828. The number of amides is 2. The van der Waals surface area contributed by atoms with Crippen molar-refractivity contribution in [2.45, 2.75) is 84.8 Å². The third-order valence-corrected chi connectivity index (χ3v) is 3.77. The largest absolute Gasteiger partial charge is 0.469 e. The van der Waals surface area contributed by atoms with Crippen molar-refractivity contribution in [3.8, 4) is 12.3 Å². The van der Waals surface area contributed by atoms with Crippen molar-refractivity contribution in [1.82, 2.24) is 10.6 Å². The van der Waals surface area contributed by atoms with Crippen LogP contribution in [-0.4, -0.2) is 54.8 Å². The topological polar surface area (TPSA) is 132 Å². The zero-order chi connectivity index (χ0) is 25.7. The molecule has 10 nitrogen and oxygen atoms in total. The summed E-state index contributed by atoms with van der Waals surface area (Å²) in [6.45, 7) is 10.1. The summed E-state index contributed by atoms with van der Waals surface area (Å²) in [7, 11) is 1.24. The number of terminal acetylenes is 1. The molecule has 186 valence electrons. The summed E-state index contributed by atoms with van der Waals surface area (Å²) in [5, 5.41) is 4.71. The van der Waals surface area contributed by atoms with Gasteiger partial charge in [0.05, 0.1) is 13.0 Å². The van der Waals surface area contributed by atoms with Gasteiger partial charge in [0.15, 0.2) is 0 Å². The van der Waals surface area contributed by atoms with E-state index >= 15 is 0 Å². The number of esters is 1. The zero-order valence-electron chi connectivity index (χ0n) is 20.7. The fourth-order valence-corrected chi connectivity index (χ4v) is 2.48. The van der Waals surface area contributed by atoms with Crippen molar-refractivity contribution in [3.63, 3.8) is 0 Å². The van der Waals surface area contributed by atoms with Crippen molar-refractivity contribution in [2.75, 3.05) is 13.7 Å². The van der Waals surface area contributed by atoms with Gasteiger partial charge in [-0.3, -0.25) is 25.2 Å². The normalized spacial score (nSPS) is 11.9. The molecule has 1 atom stereocenters. The van der Waals surface area contributed by atoms with E-state index in [1.165, 1.54) is 7.11 Å². The van der Waals surface area contributed by atoms with Gasteiger partial charge in [0.1, 0.15) is 17.0 Å². The Morgan fingerprint density at radius 3 is 1.91 bits per heavy atom. The number of nitrogens with zero attached hydrogens (tertiary/aromatic N) is 1. The van der Waals surface area contributed by atoms with Crippen molar-refractivity contribution in [1.29, 1.82) is 0 Å². The molecule has 0 radical (unpaired) electrons. The average Bonchev–Trinajstić information content (AvgIpc) is 2.63. The van der Waals surface area contributed by atoms with Crippen LogP contribution >= 0.6 is 0 Å². The zero-order valence-corrected chi connectivity index (χ0v) is 20.7. The van der Waals surface area contributed by atoms with E-state index in [0.29, 0.717) is 12.8 Å². The van der Waals surface area contributed by atoms with Gasteiger partial charge in [0.2, 0.25) is 5.96 Å². The number of carbonyl (C=O) groups excluding carboxylic acids is 4. The Kier molecular flexibility index (Phi) is 12.8. The second-order valence-corrected chi connectivity index (χ2v) is 9.29. The highest BCUT2D eigenvalue weighted by Crippen LogP contribution is 2.14. The molecule has 0 spiro atoms. The molecule has 0 rings (SSSR count). The number of Topliss-reactive ketones (excluding diaryl/α,β-unsaturated/α-hetero) is 1. The first-order valence-electron chi connectivity index (χ1n) is 10.7. The second-order valence-electron chi connectivity index (χ2n) is 9.29. The number of alkyl carbamates (subject to hydrolysis) is 2. The third kappa shape index (κ3) is 16.2. The molecular weight excluding hydrogens is 430 g/mol. The number of ether oxygens (including phenoxy) is 3. The van der Waals surface area contributed by atoms with E-state index in [9.17, 15) is 19.2 Å². The van der Waals surface area contributed by atoms with Crippen LogP contribution in [0.25, 0.3) is 0 Å². The summed E-state index contributed by atoms with van der Waals surface area (Å²) < 4.78 is 15.1. The van der Waals surface area contributed by atoms with Crippen molar-refractivity contribution >= 4 is 29.9 Å². The number of aliphatic imine (C=N–C) groups is 1. The van der Waals surface area contributed by atoms with Crippen LogP contribution in [0.3, 0.4) is 0 Å². The number of rotatable bonds is 9. The molecule has 0 heterocycles. The lowest BCUT2D eigenvalue weighted by molar-refractivity contribution is -0.147. The maximum absolute atomic E-state index is 12.1. The van der Waals surface area contributed by atoms with E-state index in [0.717, 1.165) is 0 Å². The summed E-state index contributed by atoms with van der Waals surface area (Å²) in [6, 6.07) is 0. The minimum absolute atomic E-state index is 0.0122. The molecule has 0 aliphatic carbocycles. The second kappa shape index (κ2) is 14.1. The third-order valence-electron chi connectivity index (χ3n) is 3.77. The molecule has 2 amide bonds. The van der Waals surface area contributed by atoms with Crippen molar-refractivity contribution in [3.05, 3.63) is 0 Å². The Balaban J connectivity index is 5.28. The van der Waals surface area contributed by atoms with Crippen LogP contribution in [0, 0.1) is 18.3 Å². The molecule has 0 bridgehead atoms. The van der Waals surface area contributed by atoms with Crippen LogP contribution in [0.1, 0.15) is 73.6 Å². The average molecular weight is 468 g/mol. The fraction of sp³-hybridized carbons (Fsp3) is 0.696.